The van der Waals surface area contributed by atoms with Crippen LogP contribution in [-0.2, 0) is 0 Å². The molecule has 10 heterocycles. The molecule has 21 heteroatoms. The number of aromatic nitrogens is 8. The number of aryl methyl sites for hydroxylation is 2. The van der Waals surface area contributed by atoms with Crippen LogP contribution in [-0.4, -0.2) is 114 Å². The van der Waals surface area contributed by atoms with Gasteiger partial charge in [-0.3, -0.25) is 29.9 Å². The van der Waals surface area contributed by atoms with E-state index in [0.29, 0.717) is 52.3 Å². The van der Waals surface area contributed by atoms with Gasteiger partial charge < -0.3 is 27.7 Å². The molecule has 4 aliphatic rings. The largest absolute Gasteiger partial charge is 1.00 e. The van der Waals surface area contributed by atoms with E-state index in [2.05, 4.69) is 60.3 Å². The van der Waals surface area contributed by atoms with Crippen LogP contribution < -0.4 is 62.4 Å². The Morgan fingerprint density at radius 1 is 0.681 bits per heavy atom. The van der Waals surface area contributed by atoms with Crippen LogP contribution in [0.1, 0.15) is 24.0 Å². The van der Waals surface area contributed by atoms with Crippen molar-refractivity contribution in [2.24, 2.45) is 25.7 Å². The van der Waals surface area contributed by atoms with E-state index in [9.17, 15) is 8.78 Å². The number of nitrogens with two attached hydrogens (primary N) is 1. The summed E-state index contributed by atoms with van der Waals surface area (Å²) in [4.78, 5) is 36.5. The molecular weight excluding hydrogens is 949 g/mol. The van der Waals surface area contributed by atoms with E-state index in [-0.39, 0.29) is 57.2 Å². The van der Waals surface area contributed by atoms with E-state index in [1.165, 1.54) is 22.8 Å². The number of aliphatic imine (C=N–C) groups is 4. The summed E-state index contributed by atoms with van der Waals surface area (Å²) >= 11 is 11.5. The monoisotopic (exact) mass is 994 g/mol. The van der Waals surface area contributed by atoms with Gasteiger partial charge in [0.25, 0.3) is 6.54 Å². The van der Waals surface area contributed by atoms with Crippen molar-refractivity contribution >= 4 is 63.2 Å². The average Bonchev–Trinajstić information content (AvgIpc) is 4.22. The molecule has 3 N–H and O–H groups in total. The zero-order valence-electron chi connectivity index (χ0n) is 38.3. The van der Waals surface area contributed by atoms with Crippen LogP contribution in [0.15, 0.2) is 130 Å². The van der Waals surface area contributed by atoms with Gasteiger partial charge in [0.05, 0.1) is 68.2 Å². The van der Waals surface area contributed by atoms with Gasteiger partial charge in [-0.15, -0.1) is 11.6 Å². The Bertz CT molecular complexity index is 2980. The van der Waals surface area contributed by atoms with Crippen molar-refractivity contribution in [2.75, 3.05) is 57.0 Å². The first-order valence-corrected chi connectivity index (χ1v) is 22.0. The van der Waals surface area contributed by atoms with E-state index in [1.54, 1.807) is 35.4 Å². The maximum Gasteiger partial charge on any atom is 1.00 e. The molecule has 0 aliphatic carbocycles. The minimum Gasteiger partial charge on any atom is -0.512 e. The Kier molecular flexibility index (Phi) is 24.0. The third-order valence-electron chi connectivity index (χ3n) is 9.56. The number of nitrogens with zero attached hydrogens (tertiary/aromatic N) is 14. The van der Waals surface area contributed by atoms with Crippen molar-refractivity contribution in [3.05, 3.63) is 156 Å². The molecule has 0 unspecified atom stereocenters. The predicted molar refractivity (Wildman–Crippen MR) is 267 cm³/mol. The fourth-order valence-electron chi connectivity index (χ4n) is 6.34. The van der Waals surface area contributed by atoms with Crippen molar-refractivity contribution in [1.29, 1.82) is 5.26 Å². The Hall–Kier alpha value is -6.00. The standard InChI is InChI=1S/C18H17FN6.C12H8ClFN4.C6H6N2.C6H10N2.C5H6ClN.CN.K/c1-12-9-23-25-17(22-6-4-15-3-2-5-21-15)8-16(24-18(12)25)13-7-14(19)11-20-10-13;1-7-4-16-18-11(13)3-10(17-12(7)18)8-2-9(14)6-15-5-8;1-7-5-6-3-2-4-8-6;7-4-3-6-2-1-5-8-6;6-4-5-2-1-3-7-5;1-2;/h2-3,7-11,22H,4-6H2,1H3;2-6H,1H3;2-3H,4-5H2;1-2H,3-5,7H2;1-2H,3-4H2;;/q;;;;;-1;+1. The molecule has 69 heavy (non-hydrogen) atoms. The number of fused-ring (bicyclic) bond motifs is 2. The van der Waals surface area contributed by atoms with E-state index >= 15 is 0 Å². The number of nitrogens with one attached hydrogen (secondary N) is 1. The number of hydrogen-bond acceptors (Lipinski definition) is 13. The molecule has 0 saturated heterocycles. The summed E-state index contributed by atoms with van der Waals surface area (Å²) in [7, 11) is 0. The summed E-state index contributed by atoms with van der Waals surface area (Å²) in [6.07, 6.45) is 26.7. The van der Waals surface area contributed by atoms with Crippen molar-refractivity contribution in [2.45, 2.75) is 26.7 Å². The Morgan fingerprint density at radius 2 is 1.16 bits per heavy atom. The molecule has 0 bridgehead atoms. The van der Waals surface area contributed by atoms with Crippen LogP contribution in [0.25, 0.3) is 38.7 Å². The summed E-state index contributed by atoms with van der Waals surface area (Å²) < 4.78 is 30.0. The van der Waals surface area contributed by atoms with Gasteiger partial charge in [0.15, 0.2) is 11.3 Å². The number of hydrogen-bond donors (Lipinski definition) is 2. The van der Waals surface area contributed by atoms with E-state index in [1.807, 2.05) is 68.5 Å². The Morgan fingerprint density at radius 3 is 1.62 bits per heavy atom. The van der Waals surface area contributed by atoms with E-state index in [4.69, 9.17) is 47.3 Å². The molecule has 0 saturated carbocycles. The molecule has 6 aromatic heterocycles. The topological polar surface area (TPSA) is 202 Å². The van der Waals surface area contributed by atoms with Gasteiger partial charge in [-0.25, -0.2) is 29.8 Å². The van der Waals surface area contributed by atoms with Crippen LogP contribution >= 0.6 is 23.2 Å². The number of halogens is 4. The SMILES string of the molecule is Cc1cnn2c(Cl)cc(-c3cncc(F)c3)nc12.Cc1cnn2c(NCCC3=NCC=C3)cc(-c3cncc(F)c3)nc12.ClCC1=NCC=C1.NCCC1=NCC=C1.[C-]#N.[C-]#[N+]CC1=NCC=C1.[K+]. The van der Waals surface area contributed by atoms with Crippen LogP contribution in [0, 0.1) is 43.9 Å². The molecule has 0 fully saturated rings. The number of alkyl halides is 1. The van der Waals surface area contributed by atoms with Crippen molar-refractivity contribution in [1.82, 2.24) is 39.2 Å². The zero-order valence-corrected chi connectivity index (χ0v) is 42.9. The van der Waals surface area contributed by atoms with Crippen LogP contribution in [0.4, 0.5) is 14.6 Å². The zero-order chi connectivity index (χ0) is 48.7. The average molecular weight is 996 g/mol. The minimum absolute atomic E-state index is 0. The second kappa shape index (κ2) is 29.8. The molecule has 0 atom stereocenters. The maximum atomic E-state index is 13.5. The predicted octanol–water partition coefficient (Wildman–Crippen LogP) is 5.54. The smallest absolute Gasteiger partial charge is 0.512 e. The normalized spacial score (nSPS) is 13.3. The first-order valence-electron chi connectivity index (χ1n) is 21.1. The van der Waals surface area contributed by atoms with Gasteiger partial charge in [0, 0.05) is 83.3 Å². The van der Waals surface area contributed by atoms with E-state index < -0.39 is 5.82 Å². The summed E-state index contributed by atoms with van der Waals surface area (Å²) in [6.45, 7) is 20.2. The molecule has 10 rings (SSSR count). The van der Waals surface area contributed by atoms with Gasteiger partial charge >= 0.3 is 51.4 Å². The van der Waals surface area contributed by atoms with Gasteiger partial charge in [0.2, 0.25) is 0 Å². The summed E-state index contributed by atoms with van der Waals surface area (Å²) in [5.41, 5.74) is 15.1. The summed E-state index contributed by atoms with van der Waals surface area (Å²) in [5, 5.41) is 18.5. The second-order valence-electron chi connectivity index (χ2n) is 14.5. The fourth-order valence-corrected chi connectivity index (χ4v) is 6.74. The first kappa shape index (κ1) is 55.6. The minimum atomic E-state index is -0.407. The van der Waals surface area contributed by atoms with Gasteiger partial charge in [-0.05, 0) is 56.8 Å². The molecular formula is C48H47Cl2F2KN16. The van der Waals surface area contributed by atoms with Gasteiger partial charge in [-0.2, -0.15) is 14.7 Å². The molecule has 0 radical (unpaired) electrons. The van der Waals surface area contributed by atoms with Crippen LogP contribution in [0.2, 0.25) is 5.15 Å². The molecule has 0 spiro atoms. The van der Waals surface area contributed by atoms with Gasteiger partial charge in [-0.1, -0.05) is 35.9 Å². The third-order valence-corrected chi connectivity index (χ3v) is 10.1. The Balaban J connectivity index is 0.000000204. The molecule has 0 aromatic carbocycles. The first-order chi connectivity index (χ1) is 33.1. The molecule has 16 nitrogen and oxygen atoms in total. The second-order valence-corrected chi connectivity index (χ2v) is 15.2. The number of pyridine rings is 2. The number of anilines is 1. The number of rotatable bonds is 10. The molecule has 6 aromatic rings. The summed E-state index contributed by atoms with van der Waals surface area (Å²) in [6, 6.07) is 6.30. The molecule has 348 valence electrons. The van der Waals surface area contributed by atoms with Crippen molar-refractivity contribution < 1.29 is 60.2 Å². The summed E-state index contributed by atoms with van der Waals surface area (Å²) in [5.74, 6) is 0.566. The number of allylic oxidation sites excluding steroid dienone is 3. The van der Waals surface area contributed by atoms with Gasteiger partial charge in [0.1, 0.15) is 28.3 Å². The van der Waals surface area contributed by atoms with E-state index in [0.717, 1.165) is 97.2 Å². The molecule has 0 amide bonds. The maximum absolute atomic E-state index is 13.5. The quantitative estimate of drug-likeness (QED) is 0.0765. The van der Waals surface area contributed by atoms with Crippen LogP contribution in [0.3, 0.4) is 0 Å². The fraction of sp³-hybridized carbons (Fsp3) is 0.250. The van der Waals surface area contributed by atoms with Crippen LogP contribution in [0.5, 0.6) is 0 Å². The third kappa shape index (κ3) is 17.2. The van der Waals surface area contributed by atoms with Crippen molar-refractivity contribution in [3.63, 3.8) is 0 Å². The van der Waals surface area contributed by atoms with Crippen molar-refractivity contribution in [3.8, 4) is 22.5 Å². The molecule has 4 aliphatic heterocycles. The Labute approximate surface area is 451 Å².